The van der Waals surface area contributed by atoms with Crippen LogP contribution in [0.1, 0.15) is 11.3 Å². The summed E-state index contributed by atoms with van der Waals surface area (Å²) in [5.41, 5.74) is 1.36. The summed E-state index contributed by atoms with van der Waals surface area (Å²) in [6, 6.07) is 20.5. The Bertz CT molecular complexity index is 1080. The van der Waals surface area contributed by atoms with Gasteiger partial charge in [0.05, 0.1) is 19.3 Å². The first kappa shape index (κ1) is 21.1. The number of hydrogen-bond donors (Lipinski definition) is 1. The van der Waals surface area contributed by atoms with Crippen molar-refractivity contribution in [2.75, 3.05) is 12.4 Å². The van der Waals surface area contributed by atoms with Gasteiger partial charge in [-0.25, -0.2) is 4.99 Å². The van der Waals surface area contributed by atoms with Crippen molar-refractivity contribution in [3.05, 3.63) is 77.0 Å². The molecule has 0 spiro atoms. The minimum absolute atomic E-state index is 0.111. The van der Waals surface area contributed by atoms with Gasteiger partial charge in [-0.1, -0.05) is 42.1 Å². The van der Waals surface area contributed by atoms with Crippen molar-refractivity contribution in [2.24, 2.45) is 4.99 Å². The van der Waals surface area contributed by atoms with E-state index >= 15 is 0 Å². The highest BCUT2D eigenvalue weighted by molar-refractivity contribution is 8.15. The number of anilines is 1. The number of rotatable bonds is 6. The van der Waals surface area contributed by atoms with Crippen LogP contribution in [0, 0.1) is 0 Å². The molecule has 1 aromatic heterocycles. The second-order valence-corrected chi connectivity index (χ2v) is 9.02. The van der Waals surface area contributed by atoms with E-state index in [0.717, 1.165) is 10.6 Å². The van der Waals surface area contributed by atoms with Crippen LogP contribution in [0.5, 0.6) is 5.75 Å². The van der Waals surface area contributed by atoms with E-state index in [2.05, 4.69) is 10.3 Å². The molecule has 6 nitrogen and oxygen atoms in total. The van der Waals surface area contributed by atoms with Crippen LogP contribution in [-0.2, 0) is 16.1 Å². The van der Waals surface area contributed by atoms with Crippen molar-refractivity contribution >= 4 is 51.5 Å². The lowest BCUT2D eigenvalue weighted by molar-refractivity contribution is -0.129. The van der Waals surface area contributed by atoms with Gasteiger partial charge in [-0.05, 0) is 35.7 Å². The predicted molar refractivity (Wildman–Crippen MR) is 126 cm³/mol. The Morgan fingerprint density at radius 2 is 2.00 bits per heavy atom. The van der Waals surface area contributed by atoms with Crippen LogP contribution in [0.2, 0.25) is 0 Å². The number of aliphatic imine (C=N–C) groups is 1. The van der Waals surface area contributed by atoms with Crippen molar-refractivity contribution in [1.82, 2.24) is 4.90 Å². The first-order valence-electron chi connectivity index (χ1n) is 9.70. The summed E-state index contributed by atoms with van der Waals surface area (Å²) < 4.78 is 5.21. The third-order valence-corrected chi connectivity index (χ3v) is 6.69. The molecule has 0 aliphatic carbocycles. The Labute approximate surface area is 188 Å². The molecule has 1 atom stereocenters. The van der Waals surface area contributed by atoms with Gasteiger partial charge in [0, 0.05) is 23.1 Å². The lowest BCUT2D eigenvalue weighted by Gasteiger charge is -2.31. The minimum Gasteiger partial charge on any atom is -0.497 e. The second kappa shape index (κ2) is 9.80. The maximum Gasteiger partial charge on any atom is 0.238 e. The van der Waals surface area contributed by atoms with E-state index in [1.54, 1.807) is 41.5 Å². The van der Waals surface area contributed by atoms with Crippen LogP contribution in [0.3, 0.4) is 0 Å². The van der Waals surface area contributed by atoms with Crippen LogP contribution < -0.4 is 10.1 Å². The molecule has 1 aliphatic heterocycles. The summed E-state index contributed by atoms with van der Waals surface area (Å²) in [7, 11) is 1.57. The first-order chi connectivity index (χ1) is 15.1. The number of carbonyl (C=O) groups is 2. The lowest BCUT2D eigenvalue weighted by atomic mass is 10.2. The van der Waals surface area contributed by atoms with Gasteiger partial charge in [0.25, 0.3) is 0 Å². The number of hydrogen-bond acceptors (Lipinski definition) is 6. The van der Waals surface area contributed by atoms with Crippen LogP contribution in [-0.4, -0.2) is 34.2 Å². The number of thiophene rings is 1. The van der Waals surface area contributed by atoms with Gasteiger partial charge in [0.2, 0.25) is 11.8 Å². The average Bonchev–Trinajstić information content (AvgIpc) is 3.30. The Morgan fingerprint density at radius 3 is 2.74 bits per heavy atom. The molecule has 2 heterocycles. The highest BCUT2D eigenvalue weighted by Gasteiger charge is 2.36. The standard InChI is InChI=1S/C23H21N3O3S2/c1-29-18-10-5-9-17(13-18)24-22(28)20-14-21(27)26(15-19-11-6-12-30-19)23(31-20)25-16-7-3-2-4-8-16/h2-13,20H,14-15H2,1H3,(H,24,28). The quantitative estimate of drug-likeness (QED) is 0.578. The van der Waals surface area contributed by atoms with Crippen molar-refractivity contribution < 1.29 is 14.3 Å². The van der Waals surface area contributed by atoms with Gasteiger partial charge in [-0.2, -0.15) is 0 Å². The number of thioether (sulfide) groups is 1. The minimum atomic E-state index is -0.569. The molecule has 1 saturated heterocycles. The topological polar surface area (TPSA) is 71.0 Å². The SMILES string of the molecule is COc1cccc(NC(=O)C2CC(=O)N(Cc3cccs3)C(=Nc3ccccc3)S2)c1. The second-order valence-electron chi connectivity index (χ2n) is 6.82. The molecule has 2 amide bonds. The summed E-state index contributed by atoms with van der Waals surface area (Å²) in [5.74, 6) is 0.300. The molecule has 3 aromatic rings. The maximum absolute atomic E-state index is 13.0. The predicted octanol–water partition coefficient (Wildman–Crippen LogP) is 4.92. The molecule has 1 fully saturated rings. The molecular formula is C23H21N3O3S2. The molecule has 158 valence electrons. The van der Waals surface area contributed by atoms with E-state index in [0.29, 0.717) is 23.1 Å². The van der Waals surface area contributed by atoms with Gasteiger partial charge in [-0.3, -0.25) is 14.5 Å². The summed E-state index contributed by atoms with van der Waals surface area (Å²) >= 11 is 2.90. The average molecular weight is 452 g/mol. The number of amides is 2. The molecule has 31 heavy (non-hydrogen) atoms. The van der Waals surface area contributed by atoms with Crippen molar-refractivity contribution in [1.29, 1.82) is 0 Å². The fraction of sp³-hybridized carbons (Fsp3) is 0.174. The summed E-state index contributed by atoms with van der Waals surface area (Å²) in [5, 5.41) is 4.83. The van der Waals surface area contributed by atoms with E-state index in [9.17, 15) is 9.59 Å². The van der Waals surface area contributed by atoms with Crippen LogP contribution in [0.25, 0.3) is 0 Å². The van der Waals surface area contributed by atoms with Gasteiger partial charge in [0.1, 0.15) is 11.0 Å². The monoisotopic (exact) mass is 451 g/mol. The van der Waals surface area contributed by atoms with Gasteiger partial charge in [0.15, 0.2) is 5.17 Å². The molecule has 4 rings (SSSR count). The van der Waals surface area contributed by atoms with Crippen LogP contribution in [0.4, 0.5) is 11.4 Å². The van der Waals surface area contributed by atoms with Crippen molar-refractivity contribution in [2.45, 2.75) is 18.2 Å². The molecule has 0 bridgehead atoms. The van der Waals surface area contributed by atoms with Gasteiger partial charge >= 0.3 is 0 Å². The van der Waals surface area contributed by atoms with E-state index in [1.807, 2.05) is 53.9 Å². The van der Waals surface area contributed by atoms with E-state index in [-0.39, 0.29) is 18.2 Å². The summed E-state index contributed by atoms with van der Waals surface area (Å²) in [6.45, 7) is 0.444. The molecule has 1 unspecified atom stereocenters. The smallest absolute Gasteiger partial charge is 0.238 e. The van der Waals surface area contributed by atoms with Crippen LogP contribution >= 0.6 is 23.1 Å². The molecule has 1 N–H and O–H groups in total. The first-order valence-corrected chi connectivity index (χ1v) is 11.5. The third kappa shape index (κ3) is 5.34. The fourth-order valence-corrected chi connectivity index (χ4v) is 4.88. The van der Waals surface area contributed by atoms with E-state index in [4.69, 9.17) is 4.74 Å². The summed E-state index contributed by atoms with van der Waals surface area (Å²) in [6.07, 6.45) is 0.111. The Morgan fingerprint density at radius 1 is 1.16 bits per heavy atom. The van der Waals surface area contributed by atoms with Gasteiger partial charge < -0.3 is 10.1 Å². The maximum atomic E-state index is 13.0. The number of benzene rings is 2. The molecule has 2 aromatic carbocycles. The molecular weight excluding hydrogens is 430 g/mol. The number of ether oxygens (including phenoxy) is 1. The largest absolute Gasteiger partial charge is 0.497 e. The number of carbonyl (C=O) groups excluding carboxylic acids is 2. The Balaban J connectivity index is 1.56. The molecule has 0 radical (unpaired) electrons. The normalized spacial score (nSPS) is 17.6. The number of nitrogens with one attached hydrogen (secondary N) is 1. The van der Waals surface area contributed by atoms with E-state index in [1.165, 1.54) is 11.8 Å². The summed E-state index contributed by atoms with van der Waals surface area (Å²) in [4.78, 5) is 33.4. The third-order valence-electron chi connectivity index (χ3n) is 4.64. The van der Waals surface area contributed by atoms with E-state index < -0.39 is 5.25 Å². The van der Waals surface area contributed by atoms with Crippen LogP contribution in [0.15, 0.2) is 77.1 Å². The Kier molecular flexibility index (Phi) is 6.69. The van der Waals surface area contributed by atoms with Crippen molar-refractivity contribution in [3.63, 3.8) is 0 Å². The highest BCUT2D eigenvalue weighted by atomic mass is 32.2. The lowest BCUT2D eigenvalue weighted by Crippen LogP contribution is -2.44. The Hall–Kier alpha value is -3.10. The molecule has 1 aliphatic rings. The van der Waals surface area contributed by atoms with Gasteiger partial charge in [-0.15, -0.1) is 11.3 Å². The highest BCUT2D eigenvalue weighted by Crippen LogP contribution is 2.31. The number of amidine groups is 1. The number of methoxy groups -OCH3 is 1. The zero-order valence-corrected chi connectivity index (χ0v) is 18.5. The molecule has 8 heteroatoms. The molecule has 0 saturated carbocycles. The number of para-hydroxylation sites is 1. The zero-order valence-electron chi connectivity index (χ0n) is 16.9. The van der Waals surface area contributed by atoms with Crippen molar-refractivity contribution in [3.8, 4) is 5.75 Å². The zero-order chi connectivity index (χ0) is 21.6. The number of nitrogens with zero attached hydrogens (tertiary/aromatic N) is 2. The fourth-order valence-electron chi connectivity index (χ4n) is 3.09.